The zero-order chi connectivity index (χ0) is 19.0. The predicted octanol–water partition coefficient (Wildman–Crippen LogP) is 4.02. The summed E-state index contributed by atoms with van der Waals surface area (Å²) < 4.78 is 5.33. The molecule has 1 saturated heterocycles. The van der Waals surface area contributed by atoms with Crippen LogP contribution in [0.15, 0.2) is 30.3 Å². The number of ether oxygens (including phenoxy) is 1. The summed E-state index contributed by atoms with van der Waals surface area (Å²) in [5.41, 5.74) is 4.22. The van der Waals surface area contributed by atoms with Crippen molar-refractivity contribution in [1.82, 2.24) is 0 Å². The number of methoxy groups -OCH3 is 1. The molecule has 0 saturated carbocycles. The quantitative estimate of drug-likeness (QED) is 0.823. The number of rotatable bonds is 4. The molecule has 3 rings (SSSR count). The van der Waals surface area contributed by atoms with Crippen molar-refractivity contribution in [2.75, 3.05) is 17.3 Å². The topological polar surface area (TPSA) is 58.6 Å². The number of halogens is 1. The summed E-state index contributed by atoms with van der Waals surface area (Å²) in [6.07, 6.45) is 0.0942. The summed E-state index contributed by atoms with van der Waals surface area (Å²) in [5, 5.41) is 3.72. The molecule has 1 fully saturated rings. The molecule has 1 aliphatic rings. The first-order valence-corrected chi connectivity index (χ1v) is 8.74. The minimum Gasteiger partial charge on any atom is -0.495 e. The minimum absolute atomic E-state index is 0.0942. The summed E-state index contributed by atoms with van der Waals surface area (Å²) in [5.74, 6) is -0.165. The first-order chi connectivity index (χ1) is 12.3. The number of anilines is 2. The molecule has 5 nitrogen and oxygen atoms in total. The maximum atomic E-state index is 12.9. The number of nitrogens with one attached hydrogen (secondary N) is 1. The Balaban J connectivity index is 1.91. The maximum Gasteiger partial charge on any atom is 0.256 e. The molecular weight excluding hydrogens is 352 g/mol. The Bertz CT molecular complexity index is 895. The summed E-state index contributed by atoms with van der Waals surface area (Å²) in [6.45, 7) is 5.81. The van der Waals surface area contributed by atoms with E-state index in [0.29, 0.717) is 16.5 Å². The van der Waals surface area contributed by atoms with Gasteiger partial charge in [-0.3, -0.25) is 9.59 Å². The van der Waals surface area contributed by atoms with Gasteiger partial charge in [0.15, 0.2) is 0 Å². The number of imide groups is 1. The third kappa shape index (κ3) is 3.27. The molecule has 2 aromatic carbocycles. The van der Waals surface area contributed by atoms with Crippen LogP contribution >= 0.6 is 11.6 Å². The molecule has 0 aliphatic carbocycles. The Morgan fingerprint density at radius 2 is 1.85 bits per heavy atom. The van der Waals surface area contributed by atoms with E-state index in [-0.39, 0.29) is 18.2 Å². The fourth-order valence-electron chi connectivity index (χ4n) is 3.15. The van der Waals surface area contributed by atoms with E-state index in [2.05, 4.69) is 5.32 Å². The van der Waals surface area contributed by atoms with E-state index in [1.54, 1.807) is 12.1 Å². The van der Waals surface area contributed by atoms with E-state index in [0.717, 1.165) is 22.4 Å². The van der Waals surface area contributed by atoms with E-state index in [9.17, 15) is 9.59 Å². The van der Waals surface area contributed by atoms with Gasteiger partial charge in [-0.25, -0.2) is 4.90 Å². The van der Waals surface area contributed by atoms with Gasteiger partial charge in [0.25, 0.3) is 5.91 Å². The highest BCUT2D eigenvalue weighted by Crippen LogP contribution is 2.37. The lowest BCUT2D eigenvalue weighted by molar-refractivity contribution is -0.121. The molecule has 1 heterocycles. The molecule has 2 aromatic rings. The summed E-state index contributed by atoms with van der Waals surface area (Å²) >= 11 is 6.13. The van der Waals surface area contributed by atoms with Gasteiger partial charge in [-0.05, 0) is 44.0 Å². The molecule has 0 spiro atoms. The second kappa shape index (κ2) is 7.00. The minimum atomic E-state index is -0.607. The van der Waals surface area contributed by atoms with Gasteiger partial charge in [0.2, 0.25) is 5.91 Å². The van der Waals surface area contributed by atoms with Crippen molar-refractivity contribution < 1.29 is 14.3 Å². The van der Waals surface area contributed by atoms with Gasteiger partial charge < -0.3 is 10.1 Å². The fourth-order valence-corrected chi connectivity index (χ4v) is 3.30. The van der Waals surface area contributed by atoms with Gasteiger partial charge in [-0.15, -0.1) is 0 Å². The molecule has 0 radical (unpaired) electrons. The van der Waals surface area contributed by atoms with E-state index in [1.165, 1.54) is 12.0 Å². The second-order valence-corrected chi connectivity index (χ2v) is 6.97. The van der Waals surface area contributed by atoms with Crippen molar-refractivity contribution in [2.24, 2.45) is 0 Å². The average Bonchev–Trinajstić information content (AvgIpc) is 2.86. The van der Waals surface area contributed by atoms with E-state index < -0.39 is 6.04 Å². The number of aryl methyl sites for hydroxylation is 3. The zero-order valence-corrected chi connectivity index (χ0v) is 16.0. The van der Waals surface area contributed by atoms with Gasteiger partial charge in [-0.1, -0.05) is 29.3 Å². The van der Waals surface area contributed by atoms with Crippen LogP contribution in [0, 0.1) is 20.8 Å². The first-order valence-electron chi connectivity index (χ1n) is 8.36. The van der Waals surface area contributed by atoms with Crippen LogP contribution in [0.3, 0.4) is 0 Å². The third-order valence-electron chi connectivity index (χ3n) is 4.56. The van der Waals surface area contributed by atoms with Gasteiger partial charge >= 0.3 is 0 Å². The Labute approximate surface area is 157 Å². The van der Waals surface area contributed by atoms with Crippen LogP contribution in [-0.2, 0) is 9.59 Å². The Hall–Kier alpha value is -2.53. The molecule has 1 N–H and O–H groups in total. The molecule has 0 aromatic heterocycles. The average molecular weight is 373 g/mol. The predicted molar refractivity (Wildman–Crippen MR) is 103 cm³/mol. The van der Waals surface area contributed by atoms with Gasteiger partial charge in [0.1, 0.15) is 11.8 Å². The molecule has 2 amide bonds. The zero-order valence-electron chi connectivity index (χ0n) is 15.2. The van der Waals surface area contributed by atoms with Crippen molar-refractivity contribution in [3.8, 4) is 5.75 Å². The molecular formula is C20H21ClN2O3. The summed E-state index contributed by atoms with van der Waals surface area (Å²) in [7, 11) is 1.49. The van der Waals surface area contributed by atoms with Gasteiger partial charge in [0, 0.05) is 16.8 Å². The van der Waals surface area contributed by atoms with Crippen LogP contribution in [0.4, 0.5) is 11.4 Å². The van der Waals surface area contributed by atoms with Gasteiger partial charge in [0.05, 0.1) is 19.2 Å². The number of hydrogen-bond donors (Lipinski definition) is 1. The van der Waals surface area contributed by atoms with Crippen LogP contribution in [-0.4, -0.2) is 25.0 Å². The third-order valence-corrected chi connectivity index (χ3v) is 4.97. The fraction of sp³-hybridized carbons (Fsp3) is 0.300. The van der Waals surface area contributed by atoms with Crippen LogP contribution in [0.5, 0.6) is 5.75 Å². The highest BCUT2D eigenvalue weighted by Gasteiger charge is 2.41. The van der Waals surface area contributed by atoms with E-state index in [4.69, 9.17) is 16.3 Å². The SMILES string of the molecule is COc1cc(Cl)c(C)cc1N1C(=O)C[C@@H](Nc2ccc(C)cc2C)C1=O. The van der Waals surface area contributed by atoms with Crippen LogP contribution in [0.25, 0.3) is 0 Å². The molecule has 1 aliphatic heterocycles. The number of benzene rings is 2. The van der Waals surface area contributed by atoms with Crippen molar-refractivity contribution in [3.05, 3.63) is 52.0 Å². The van der Waals surface area contributed by atoms with Crippen molar-refractivity contribution >= 4 is 34.8 Å². The lowest BCUT2D eigenvalue weighted by atomic mass is 10.1. The largest absolute Gasteiger partial charge is 0.495 e. The second-order valence-electron chi connectivity index (χ2n) is 6.56. The van der Waals surface area contributed by atoms with Gasteiger partial charge in [-0.2, -0.15) is 0 Å². The number of carbonyl (C=O) groups is 2. The molecule has 0 bridgehead atoms. The lowest BCUT2D eigenvalue weighted by Crippen LogP contribution is -2.35. The van der Waals surface area contributed by atoms with Crippen LogP contribution < -0.4 is 15.0 Å². The normalized spacial score (nSPS) is 17.0. The molecule has 0 unspecified atom stereocenters. The van der Waals surface area contributed by atoms with E-state index >= 15 is 0 Å². The highest BCUT2D eigenvalue weighted by molar-refractivity contribution is 6.32. The van der Waals surface area contributed by atoms with Crippen molar-refractivity contribution in [1.29, 1.82) is 0 Å². The Morgan fingerprint density at radius 3 is 2.50 bits per heavy atom. The van der Waals surface area contributed by atoms with Crippen LogP contribution in [0.1, 0.15) is 23.1 Å². The number of nitrogens with zero attached hydrogens (tertiary/aromatic N) is 1. The number of carbonyl (C=O) groups excluding carboxylic acids is 2. The van der Waals surface area contributed by atoms with Crippen LogP contribution in [0.2, 0.25) is 5.02 Å². The molecule has 26 heavy (non-hydrogen) atoms. The highest BCUT2D eigenvalue weighted by atomic mass is 35.5. The smallest absolute Gasteiger partial charge is 0.256 e. The Morgan fingerprint density at radius 1 is 1.12 bits per heavy atom. The standard InChI is InChI=1S/C20H21ClN2O3/c1-11-5-6-15(13(3)7-11)22-16-10-19(24)23(20(16)25)17-8-12(2)14(21)9-18(17)26-4/h5-9,16,22H,10H2,1-4H3/t16-/m1/s1. The monoisotopic (exact) mass is 372 g/mol. The summed E-state index contributed by atoms with van der Waals surface area (Å²) in [4.78, 5) is 26.7. The Kier molecular flexibility index (Phi) is 4.92. The van der Waals surface area contributed by atoms with Crippen molar-refractivity contribution in [2.45, 2.75) is 33.2 Å². The maximum absolute atomic E-state index is 12.9. The van der Waals surface area contributed by atoms with Crippen molar-refractivity contribution in [3.63, 3.8) is 0 Å². The number of amides is 2. The lowest BCUT2D eigenvalue weighted by Gasteiger charge is -2.20. The summed E-state index contributed by atoms with van der Waals surface area (Å²) in [6, 6.07) is 8.66. The first kappa shape index (κ1) is 18.3. The molecule has 1 atom stereocenters. The van der Waals surface area contributed by atoms with E-state index in [1.807, 2.05) is 39.0 Å². The number of hydrogen-bond acceptors (Lipinski definition) is 4. The molecule has 136 valence electrons. The molecule has 6 heteroatoms.